The highest BCUT2D eigenvalue weighted by Gasteiger charge is 2.22. The third-order valence-corrected chi connectivity index (χ3v) is 4.75. The highest BCUT2D eigenvalue weighted by Crippen LogP contribution is 2.09. The molecule has 0 fully saturated rings. The van der Waals surface area contributed by atoms with Crippen LogP contribution < -0.4 is 0 Å². The van der Waals surface area contributed by atoms with Crippen LogP contribution in [0.4, 0.5) is 0 Å². The first kappa shape index (κ1) is 14.6. The molecule has 0 aliphatic rings. The van der Waals surface area contributed by atoms with Gasteiger partial charge in [-0.15, -0.1) is 0 Å². The van der Waals surface area contributed by atoms with Gasteiger partial charge >= 0.3 is 0 Å². The molecule has 6 heteroatoms. The molecule has 1 rings (SSSR count). The quantitative estimate of drug-likeness (QED) is 0.776. The van der Waals surface area contributed by atoms with Crippen LogP contribution in [0.1, 0.15) is 19.0 Å². The predicted molar refractivity (Wildman–Crippen MR) is 69.2 cm³/mol. The summed E-state index contributed by atoms with van der Waals surface area (Å²) in [7, 11) is -1.83. The Morgan fingerprint density at radius 1 is 1.50 bits per heavy atom. The minimum absolute atomic E-state index is 0.0102. The van der Waals surface area contributed by atoms with Crippen molar-refractivity contribution in [3.63, 3.8) is 0 Å². The number of rotatable bonds is 6. The van der Waals surface area contributed by atoms with E-state index in [1.165, 1.54) is 11.4 Å². The molecule has 98 valence electrons. The molecule has 0 amide bonds. The number of nitrogens with zero attached hydrogens (tertiary/aromatic N) is 3. The molecular weight excluding hydrogens is 250 g/mol. The summed E-state index contributed by atoms with van der Waals surface area (Å²) in [5.41, 5.74) is 0.752. The van der Waals surface area contributed by atoms with E-state index in [0.29, 0.717) is 6.42 Å². The van der Waals surface area contributed by atoms with Crippen LogP contribution in [-0.4, -0.2) is 36.5 Å². The third-order valence-electron chi connectivity index (χ3n) is 2.79. The number of aromatic nitrogens is 1. The lowest BCUT2D eigenvalue weighted by atomic mass is 10.3. The maximum atomic E-state index is 12.0. The molecule has 0 aromatic carbocycles. The average molecular weight is 267 g/mol. The smallest absolute Gasteiger partial charge is 0.214 e. The Bertz CT molecular complexity index is 508. The van der Waals surface area contributed by atoms with E-state index < -0.39 is 10.0 Å². The number of hydrogen-bond donors (Lipinski definition) is 0. The molecule has 18 heavy (non-hydrogen) atoms. The van der Waals surface area contributed by atoms with Gasteiger partial charge in [0.2, 0.25) is 10.0 Å². The molecule has 0 N–H and O–H groups in total. The van der Waals surface area contributed by atoms with Crippen molar-refractivity contribution < 1.29 is 8.42 Å². The standard InChI is InChI=1S/C12H17N3O2S/c1-11(6-8-13)15(2)18(16,17)10-7-12-5-3-4-9-14-12/h3-5,9,11H,6-7,10H2,1-2H3. The molecule has 0 saturated heterocycles. The van der Waals surface area contributed by atoms with Gasteiger partial charge in [-0.1, -0.05) is 6.07 Å². The van der Waals surface area contributed by atoms with Crippen molar-refractivity contribution in [2.45, 2.75) is 25.8 Å². The topological polar surface area (TPSA) is 74.1 Å². The van der Waals surface area contributed by atoms with E-state index in [4.69, 9.17) is 5.26 Å². The molecule has 0 spiro atoms. The lowest BCUT2D eigenvalue weighted by Crippen LogP contribution is -2.37. The molecule has 1 unspecified atom stereocenters. The average Bonchev–Trinajstić information content (AvgIpc) is 2.37. The van der Waals surface area contributed by atoms with Crippen molar-refractivity contribution in [3.8, 4) is 6.07 Å². The minimum Gasteiger partial charge on any atom is -0.261 e. The number of aryl methyl sites for hydroxylation is 1. The summed E-state index contributed by atoms with van der Waals surface area (Å²) in [6.45, 7) is 1.72. The zero-order chi connectivity index (χ0) is 13.6. The number of sulfonamides is 1. The second-order valence-electron chi connectivity index (χ2n) is 4.11. The Morgan fingerprint density at radius 3 is 2.78 bits per heavy atom. The van der Waals surface area contributed by atoms with Crippen LogP contribution in [0.2, 0.25) is 0 Å². The fourth-order valence-corrected chi connectivity index (χ4v) is 2.84. The lowest BCUT2D eigenvalue weighted by molar-refractivity contribution is 0.393. The van der Waals surface area contributed by atoms with Crippen molar-refractivity contribution in [2.24, 2.45) is 0 Å². The molecule has 0 aliphatic carbocycles. The van der Waals surface area contributed by atoms with Gasteiger partial charge in [-0.2, -0.15) is 5.26 Å². The number of nitriles is 1. The maximum Gasteiger partial charge on any atom is 0.214 e. The van der Waals surface area contributed by atoms with Crippen LogP contribution in [-0.2, 0) is 16.4 Å². The highest BCUT2D eigenvalue weighted by atomic mass is 32.2. The molecule has 0 saturated carbocycles. The molecule has 0 aliphatic heterocycles. The molecule has 1 aromatic heterocycles. The molecule has 0 bridgehead atoms. The van der Waals surface area contributed by atoms with Crippen molar-refractivity contribution in [3.05, 3.63) is 30.1 Å². The molecule has 1 aromatic rings. The monoisotopic (exact) mass is 267 g/mol. The maximum absolute atomic E-state index is 12.0. The van der Waals surface area contributed by atoms with E-state index in [0.717, 1.165) is 5.69 Å². The van der Waals surface area contributed by atoms with Gasteiger partial charge in [0.25, 0.3) is 0 Å². The van der Waals surface area contributed by atoms with Gasteiger partial charge in [-0.05, 0) is 19.1 Å². The minimum atomic E-state index is -3.34. The van der Waals surface area contributed by atoms with Gasteiger partial charge in [0.15, 0.2) is 0 Å². The Kier molecular flexibility index (Phi) is 5.25. The normalized spacial score (nSPS) is 13.2. The zero-order valence-corrected chi connectivity index (χ0v) is 11.4. The van der Waals surface area contributed by atoms with E-state index in [2.05, 4.69) is 4.98 Å². The second kappa shape index (κ2) is 6.47. The summed E-state index contributed by atoms with van der Waals surface area (Å²) in [4.78, 5) is 4.09. The van der Waals surface area contributed by atoms with E-state index >= 15 is 0 Å². The number of pyridine rings is 1. The molecule has 5 nitrogen and oxygen atoms in total. The Morgan fingerprint density at radius 2 is 2.22 bits per heavy atom. The summed E-state index contributed by atoms with van der Waals surface area (Å²) in [5, 5.41) is 8.58. The predicted octanol–water partition coefficient (Wildman–Crippen LogP) is 1.19. The highest BCUT2D eigenvalue weighted by molar-refractivity contribution is 7.89. The zero-order valence-electron chi connectivity index (χ0n) is 10.6. The lowest BCUT2D eigenvalue weighted by Gasteiger charge is -2.22. The molecule has 1 heterocycles. The third kappa shape index (κ3) is 4.09. The van der Waals surface area contributed by atoms with Crippen LogP contribution in [0.15, 0.2) is 24.4 Å². The van der Waals surface area contributed by atoms with Crippen LogP contribution in [0.3, 0.4) is 0 Å². The molecular formula is C12H17N3O2S. The summed E-state index contributed by atoms with van der Waals surface area (Å²) in [5.74, 6) is 0.0102. The van der Waals surface area contributed by atoms with Gasteiger partial charge in [-0.25, -0.2) is 12.7 Å². The summed E-state index contributed by atoms with van der Waals surface area (Å²) >= 11 is 0. The first-order valence-corrected chi connectivity index (χ1v) is 7.31. The summed E-state index contributed by atoms with van der Waals surface area (Å²) < 4.78 is 25.3. The molecule has 0 radical (unpaired) electrons. The van der Waals surface area contributed by atoms with Crippen LogP contribution in [0.5, 0.6) is 0 Å². The second-order valence-corrected chi connectivity index (χ2v) is 6.26. The summed E-state index contributed by atoms with van der Waals surface area (Å²) in [6, 6.07) is 7.09. The van der Waals surface area contributed by atoms with E-state index in [9.17, 15) is 8.42 Å². The van der Waals surface area contributed by atoms with Crippen molar-refractivity contribution >= 4 is 10.0 Å². The Balaban J connectivity index is 2.63. The largest absolute Gasteiger partial charge is 0.261 e. The van der Waals surface area contributed by atoms with Crippen molar-refractivity contribution in [1.82, 2.24) is 9.29 Å². The van der Waals surface area contributed by atoms with Crippen LogP contribution >= 0.6 is 0 Å². The van der Waals surface area contributed by atoms with Gasteiger partial charge < -0.3 is 0 Å². The SMILES string of the molecule is CC(CC#N)N(C)S(=O)(=O)CCc1ccccn1. The van der Waals surface area contributed by atoms with Crippen LogP contribution in [0, 0.1) is 11.3 Å². The van der Waals surface area contributed by atoms with E-state index in [-0.39, 0.29) is 18.2 Å². The van der Waals surface area contributed by atoms with Crippen LogP contribution in [0.25, 0.3) is 0 Å². The van der Waals surface area contributed by atoms with Gasteiger partial charge in [0, 0.05) is 31.4 Å². The van der Waals surface area contributed by atoms with Gasteiger partial charge in [0.05, 0.1) is 18.2 Å². The molecule has 1 atom stereocenters. The van der Waals surface area contributed by atoms with Gasteiger partial charge in [0.1, 0.15) is 0 Å². The summed E-state index contributed by atoms with van der Waals surface area (Å²) in [6.07, 6.45) is 2.22. The first-order chi connectivity index (χ1) is 8.47. The number of hydrogen-bond acceptors (Lipinski definition) is 4. The van der Waals surface area contributed by atoms with E-state index in [1.54, 1.807) is 25.3 Å². The first-order valence-electron chi connectivity index (χ1n) is 5.70. The fourth-order valence-electron chi connectivity index (χ4n) is 1.46. The van der Waals surface area contributed by atoms with Crippen molar-refractivity contribution in [1.29, 1.82) is 5.26 Å². The fraction of sp³-hybridized carbons (Fsp3) is 0.500. The van der Waals surface area contributed by atoms with Crippen molar-refractivity contribution in [2.75, 3.05) is 12.8 Å². The Labute approximate surface area is 108 Å². The Hall–Kier alpha value is -1.45. The van der Waals surface area contributed by atoms with Gasteiger partial charge in [-0.3, -0.25) is 4.98 Å². The van der Waals surface area contributed by atoms with E-state index in [1.807, 2.05) is 12.1 Å².